The Hall–Kier alpha value is -2.85. The van der Waals surface area contributed by atoms with Crippen LogP contribution in [-0.4, -0.2) is 29.6 Å². The lowest BCUT2D eigenvalue weighted by atomic mass is 9.96. The van der Waals surface area contributed by atoms with Crippen molar-refractivity contribution >= 4 is 32.4 Å². The van der Waals surface area contributed by atoms with Gasteiger partial charge in [-0.2, -0.15) is 8.42 Å². The molecule has 1 N–H and O–H groups in total. The van der Waals surface area contributed by atoms with E-state index in [-0.39, 0.29) is 22.4 Å². The zero-order chi connectivity index (χ0) is 26.5. The van der Waals surface area contributed by atoms with Gasteiger partial charge in [0.15, 0.2) is 4.21 Å². The highest BCUT2D eigenvalue weighted by atomic mass is 32.3. The molecular formula is C28H30N2O5S2. The first-order chi connectivity index (χ1) is 17.6. The van der Waals surface area contributed by atoms with Crippen molar-refractivity contribution in [3.05, 3.63) is 80.2 Å². The van der Waals surface area contributed by atoms with Gasteiger partial charge in [-0.15, -0.1) is 11.3 Å². The van der Waals surface area contributed by atoms with E-state index < -0.39 is 10.1 Å². The third-order valence-corrected chi connectivity index (χ3v) is 9.40. The Morgan fingerprint density at radius 1 is 1.16 bits per heavy atom. The number of methoxy groups -OCH3 is 1. The van der Waals surface area contributed by atoms with Crippen molar-refractivity contribution in [2.24, 2.45) is 0 Å². The summed E-state index contributed by atoms with van der Waals surface area (Å²) >= 11 is 1.04. The number of hydrogen-bond acceptors (Lipinski definition) is 6. The molecule has 1 fully saturated rings. The van der Waals surface area contributed by atoms with Crippen LogP contribution in [0.1, 0.15) is 66.0 Å². The molecule has 1 atom stereocenters. The Morgan fingerprint density at radius 2 is 1.92 bits per heavy atom. The summed E-state index contributed by atoms with van der Waals surface area (Å²) in [6.45, 7) is 6.11. The van der Waals surface area contributed by atoms with Gasteiger partial charge in [-0.1, -0.05) is 25.1 Å². The van der Waals surface area contributed by atoms with Gasteiger partial charge in [-0.3, -0.25) is 14.3 Å². The average Bonchev–Trinajstić information content (AvgIpc) is 3.63. The van der Waals surface area contributed by atoms with Gasteiger partial charge in [0.25, 0.3) is 5.56 Å². The minimum Gasteiger partial charge on any atom is -0.380 e. The molecule has 0 saturated heterocycles. The summed E-state index contributed by atoms with van der Waals surface area (Å²) in [5.74, 6) is 0.453. The van der Waals surface area contributed by atoms with E-state index in [1.54, 1.807) is 26.2 Å². The number of thiophene rings is 1. The number of hydrogen-bond donors (Lipinski definition) is 1. The van der Waals surface area contributed by atoms with Gasteiger partial charge in [0, 0.05) is 40.6 Å². The predicted octanol–water partition coefficient (Wildman–Crippen LogP) is 5.88. The number of fused-ring (bicyclic) bond motifs is 1. The fourth-order valence-corrected chi connectivity index (χ4v) is 7.03. The third-order valence-electron chi connectivity index (χ3n) is 6.98. The van der Waals surface area contributed by atoms with Gasteiger partial charge >= 0.3 is 10.1 Å². The Morgan fingerprint density at radius 3 is 2.57 bits per heavy atom. The summed E-state index contributed by atoms with van der Waals surface area (Å²) in [7, 11) is -2.80. The molecule has 1 aliphatic carbocycles. The molecule has 9 heteroatoms. The van der Waals surface area contributed by atoms with E-state index in [1.165, 1.54) is 0 Å². The molecule has 5 rings (SSSR count). The summed E-state index contributed by atoms with van der Waals surface area (Å²) in [6, 6.07) is 12.7. The Labute approximate surface area is 220 Å². The molecule has 0 bridgehead atoms. The fourth-order valence-electron chi connectivity index (χ4n) is 5.02. The van der Waals surface area contributed by atoms with Crippen LogP contribution >= 0.6 is 11.3 Å². The molecule has 1 unspecified atom stereocenters. The van der Waals surface area contributed by atoms with Crippen LogP contribution in [0.15, 0.2) is 51.5 Å². The van der Waals surface area contributed by atoms with Crippen LogP contribution in [0.25, 0.3) is 22.0 Å². The average molecular weight is 539 g/mol. The number of aryl methyl sites for hydroxylation is 2. The van der Waals surface area contributed by atoms with Gasteiger partial charge in [0.05, 0.1) is 23.9 Å². The lowest BCUT2D eigenvalue weighted by Crippen LogP contribution is -2.24. The molecule has 3 aromatic heterocycles. The van der Waals surface area contributed by atoms with Crippen LogP contribution in [0.5, 0.6) is 0 Å². The van der Waals surface area contributed by atoms with Crippen LogP contribution in [0, 0.1) is 6.92 Å². The SMILES string of the molecule is CCc1cc2c(ccc(=O)n2C(C)c2ccc(-c3cc(C)sc3S(=O)(=O)O)c(COC)c2)c(C2CC2)n1. The second-order valence-electron chi connectivity index (χ2n) is 9.66. The molecular weight excluding hydrogens is 508 g/mol. The molecule has 1 saturated carbocycles. The Bertz CT molecular complexity index is 1670. The summed E-state index contributed by atoms with van der Waals surface area (Å²) in [6.07, 6.45) is 3.04. The number of benzene rings is 1. The van der Waals surface area contributed by atoms with Crippen molar-refractivity contribution in [3.63, 3.8) is 0 Å². The molecule has 194 valence electrons. The molecule has 37 heavy (non-hydrogen) atoms. The zero-order valence-corrected chi connectivity index (χ0v) is 22.9. The molecule has 0 spiro atoms. The Kier molecular flexibility index (Phi) is 6.83. The lowest BCUT2D eigenvalue weighted by molar-refractivity contribution is 0.185. The van der Waals surface area contributed by atoms with E-state index in [0.717, 1.165) is 68.9 Å². The number of aromatic nitrogens is 2. The second-order valence-corrected chi connectivity index (χ2v) is 12.5. The number of ether oxygens (including phenoxy) is 1. The minimum atomic E-state index is -4.38. The van der Waals surface area contributed by atoms with Crippen LogP contribution in [0.4, 0.5) is 0 Å². The van der Waals surface area contributed by atoms with Crippen molar-refractivity contribution < 1.29 is 17.7 Å². The van der Waals surface area contributed by atoms with E-state index in [1.807, 2.05) is 41.8 Å². The largest absolute Gasteiger partial charge is 0.380 e. The summed E-state index contributed by atoms with van der Waals surface area (Å²) < 4.78 is 41.1. The van der Waals surface area contributed by atoms with Gasteiger partial charge < -0.3 is 9.30 Å². The highest BCUT2D eigenvalue weighted by Crippen LogP contribution is 2.43. The summed E-state index contributed by atoms with van der Waals surface area (Å²) in [4.78, 5) is 18.9. The lowest BCUT2D eigenvalue weighted by Gasteiger charge is -2.21. The maximum Gasteiger partial charge on any atom is 0.304 e. The zero-order valence-electron chi connectivity index (χ0n) is 21.3. The molecule has 1 aromatic carbocycles. The maximum atomic E-state index is 13.2. The quantitative estimate of drug-likeness (QED) is 0.282. The van der Waals surface area contributed by atoms with Crippen LogP contribution in [0.2, 0.25) is 0 Å². The summed E-state index contributed by atoms with van der Waals surface area (Å²) in [5, 5.41) is 1.02. The van der Waals surface area contributed by atoms with E-state index in [2.05, 4.69) is 6.92 Å². The van der Waals surface area contributed by atoms with Crippen molar-refractivity contribution in [3.8, 4) is 11.1 Å². The molecule has 1 aliphatic rings. The third kappa shape index (κ3) is 4.88. The predicted molar refractivity (Wildman–Crippen MR) is 146 cm³/mol. The first-order valence-electron chi connectivity index (χ1n) is 12.4. The van der Waals surface area contributed by atoms with Gasteiger partial charge in [-0.25, -0.2) is 0 Å². The van der Waals surface area contributed by atoms with Crippen LogP contribution < -0.4 is 5.56 Å². The smallest absolute Gasteiger partial charge is 0.304 e. The highest BCUT2D eigenvalue weighted by Gasteiger charge is 2.29. The molecule has 7 nitrogen and oxygen atoms in total. The van der Waals surface area contributed by atoms with E-state index in [9.17, 15) is 17.8 Å². The monoisotopic (exact) mass is 538 g/mol. The fraction of sp³-hybridized carbons (Fsp3) is 0.357. The highest BCUT2D eigenvalue weighted by molar-refractivity contribution is 7.88. The molecule has 0 amide bonds. The molecule has 0 aliphatic heterocycles. The van der Waals surface area contributed by atoms with Crippen molar-refractivity contribution in [1.29, 1.82) is 0 Å². The molecule has 0 radical (unpaired) electrons. The van der Waals surface area contributed by atoms with Gasteiger partial charge in [-0.05, 0) is 68.0 Å². The van der Waals surface area contributed by atoms with Crippen LogP contribution in [-0.2, 0) is 27.9 Å². The van der Waals surface area contributed by atoms with Crippen molar-refractivity contribution in [2.45, 2.75) is 62.8 Å². The summed E-state index contributed by atoms with van der Waals surface area (Å²) in [5.41, 5.74) is 5.65. The maximum absolute atomic E-state index is 13.2. The minimum absolute atomic E-state index is 0.0828. The molecule has 3 heterocycles. The second kappa shape index (κ2) is 9.79. The van der Waals surface area contributed by atoms with Crippen LogP contribution in [0.3, 0.4) is 0 Å². The van der Waals surface area contributed by atoms with Crippen molar-refractivity contribution in [1.82, 2.24) is 9.55 Å². The number of pyridine rings is 2. The first-order valence-corrected chi connectivity index (χ1v) is 14.6. The van der Waals surface area contributed by atoms with Gasteiger partial charge in [0.1, 0.15) is 0 Å². The normalized spacial score (nSPS) is 14.8. The van der Waals surface area contributed by atoms with Gasteiger partial charge in [0.2, 0.25) is 0 Å². The topological polar surface area (TPSA) is 98.5 Å². The first kappa shape index (κ1) is 25.8. The van der Waals surface area contributed by atoms with E-state index in [0.29, 0.717) is 17.0 Å². The number of nitrogens with zero attached hydrogens (tertiary/aromatic N) is 2. The van der Waals surface area contributed by atoms with E-state index >= 15 is 0 Å². The Balaban J connectivity index is 1.67. The number of rotatable bonds is 8. The van der Waals surface area contributed by atoms with E-state index in [4.69, 9.17) is 9.72 Å². The van der Waals surface area contributed by atoms with Crippen molar-refractivity contribution in [2.75, 3.05) is 7.11 Å². The standard InChI is InChI=1S/C28H30N2O5S2/c1-5-21-14-25-23(27(29-21)18-6-7-18)10-11-26(31)30(25)17(3)19-8-9-22(20(13-19)15-35-4)24-12-16(2)36-28(24)37(32,33)34/h8-14,17-18H,5-7,15H2,1-4H3,(H,32,33,34). The molecule has 4 aromatic rings.